The van der Waals surface area contributed by atoms with E-state index in [1.165, 1.54) is 19.3 Å². The molecule has 2 fully saturated rings. The van der Waals surface area contributed by atoms with Crippen LogP contribution in [0.25, 0.3) is 0 Å². The fourth-order valence-corrected chi connectivity index (χ4v) is 3.67. The van der Waals surface area contributed by atoms with Gasteiger partial charge in [-0.2, -0.15) is 0 Å². The molecule has 0 radical (unpaired) electrons. The van der Waals surface area contributed by atoms with Crippen LogP contribution in [0.1, 0.15) is 71.1 Å². The molecule has 4 nitrogen and oxygen atoms in total. The van der Waals surface area contributed by atoms with Gasteiger partial charge in [-0.05, 0) is 43.4 Å². The summed E-state index contributed by atoms with van der Waals surface area (Å²) in [5.74, 6) is 0.128. The van der Waals surface area contributed by atoms with Crippen molar-refractivity contribution >= 4 is 11.9 Å². The number of nitrogens with zero attached hydrogens (tertiary/aromatic N) is 1. The van der Waals surface area contributed by atoms with Crippen LogP contribution in [-0.4, -0.2) is 35.0 Å². The van der Waals surface area contributed by atoms with Crippen molar-refractivity contribution in [1.82, 2.24) is 4.90 Å². The highest BCUT2D eigenvalue weighted by molar-refractivity contribution is 5.78. The lowest BCUT2D eigenvalue weighted by Crippen LogP contribution is -2.39. The molecule has 2 aliphatic carbocycles. The number of carboxylic acids is 1. The lowest BCUT2D eigenvalue weighted by Gasteiger charge is -2.37. The molecule has 0 aliphatic heterocycles. The summed E-state index contributed by atoms with van der Waals surface area (Å²) in [4.78, 5) is 25.9. The first-order valence-electron chi connectivity index (χ1n) is 8.54. The second kappa shape index (κ2) is 7.28. The number of carboxylic acid groups (broad SMARTS) is 1. The first kappa shape index (κ1) is 16.3. The zero-order valence-corrected chi connectivity index (χ0v) is 13.3. The molecule has 0 spiro atoms. The van der Waals surface area contributed by atoms with E-state index in [0.717, 1.165) is 45.2 Å². The Labute approximate surface area is 127 Å². The van der Waals surface area contributed by atoms with Crippen molar-refractivity contribution in [2.45, 2.75) is 71.1 Å². The molecule has 0 aromatic rings. The maximum Gasteiger partial charge on any atom is 0.303 e. The number of amides is 1. The molecule has 2 saturated carbocycles. The molecule has 0 bridgehead atoms. The van der Waals surface area contributed by atoms with Crippen LogP contribution in [0.3, 0.4) is 0 Å². The SMILES string of the molecule is CCCN(CC1CC1)C(=O)CC1(CC(=O)O)CCCCC1. The minimum Gasteiger partial charge on any atom is -0.481 e. The molecule has 0 aromatic carbocycles. The van der Waals surface area contributed by atoms with E-state index in [9.17, 15) is 14.7 Å². The van der Waals surface area contributed by atoms with Crippen molar-refractivity contribution in [3.8, 4) is 0 Å². The molecule has 0 heterocycles. The van der Waals surface area contributed by atoms with Crippen LogP contribution in [0.2, 0.25) is 0 Å². The van der Waals surface area contributed by atoms with E-state index in [0.29, 0.717) is 12.3 Å². The van der Waals surface area contributed by atoms with Crippen molar-refractivity contribution in [3.05, 3.63) is 0 Å². The number of carbonyl (C=O) groups excluding carboxylic acids is 1. The van der Waals surface area contributed by atoms with Crippen molar-refractivity contribution in [1.29, 1.82) is 0 Å². The van der Waals surface area contributed by atoms with E-state index in [1.807, 2.05) is 4.90 Å². The Kier molecular flexibility index (Phi) is 5.65. The number of rotatable bonds is 8. The van der Waals surface area contributed by atoms with Crippen LogP contribution in [0.5, 0.6) is 0 Å². The Balaban J connectivity index is 1.98. The molecule has 2 aliphatic rings. The molecular formula is C17H29NO3. The number of aliphatic carboxylic acids is 1. The van der Waals surface area contributed by atoms with Crippen LogP contribution in [0.15, 0.2) is 0 Å². The molecular weight excluding hydrogens is 266 g/mol. The molecule has 2 rings (SSSR count). The van der Waals surface area contributed by atoms with Gasteiger partial charge in [0.05, 0.1) is 6.42 Å². The maximum atomic E-state index is 12.7. The molecule has 0 unspecified atom stereocenters. The quantitative estimate of drug-likeness (QED) is 0.746. The lowest BCUT2D eigenvalue weighted by molar-refractivity contribution is -0.142. The van der Waals surface area contributed by atoms with Gasteiger partial charge in [0.15, 0.2) is 0 Å². The minimum atomic E-state index is -0.756. The van der Waals surface area contributed by atoms with Crippen LogP contribution >= 0.6 is 0 Å². The standard InChI is InChI=1S/C17H29NO3/c1-2-10-18(13-14-6-7-14)15(19)11-17(12-16(20)21)8-4-3-5-9-17/h14H,2-13H2,1H3,(H,20,21). The fourth-order valence-electron chi connectivity index (χ4n) is 3.67. The minimum absolute atomic E-state index is 0.155. The predicted molar refractivity (Wildman–Crippen MR) is 82.0 cm³/mol. The molecule has 0 saturated heterocycles. The number of carbonyl (C=O) groups is 2. The first-order valence-corrected chi connectivity index (χ1v) is 8.54. The van der Waals surface area contributed by atoms with Gasteiger partial charge < -0.3 is 10.0 Å². The zero-order chi connectivity index (χ0) is 15.3. The van der Waals surface area contributed by atoms with Crippen molar-refractivity contribution < 1.29 is 14.7 Å². The smallest absolute Gasteiger partial charge is 0.303 e. The third kappa shape index (κ3) is 5.01. The summed E-state index contributed by atoms with van der Waals surface area (Å²) in [5.41, 5.74) is -0.281. The fraction of sp³-hybridized carbons (Fsp3) is 0.882. The predicted octanol–water partition coefficient (Wildman–Crippen LogP) is 3.45. The normalized spacial score (nSPS) is 21.0. The van der Waals surface area contributed by atoms with Gasteiger partial charge >= 0.3 is 5.97 Å². The van der Waals surface area contributed by atoms with E-state index in [2.05, 4.69) is 6.92 Å². The van der Waals surface area contributed by atoms with Gasteiger partial charge in [0.25, 0.3) is 0 Å². The van der Waals surface area contributed by atoms with Gasteiger partial charge in [-0.15, -0.1) is 0 Å². The Morgan fingerprint density at radius 2 is 1.81 bits per heavy atom. The summed E-state index contributed by atoms with van der Waals surface area (Å²) in [5, 5.41) is 9.22. The highest BCUT2D eigenvalue weighted by Gasteiger charge is 2.38. The molecule has 21 heavy (non-hydrogen) atoms. The van der Waals surface area contributed by atoms with Gasteiger partial charge in [-0.3, -0.25) is 9.59 Å². The second-order valence-electron chi connectivity index (χ2n) is 7.09. The first-order chi connectivity index (χ1) is 10.0. The lowest BCUT2D eigenvalue weighted by atomic mass is 9.69. The molecule has 1 N–H and O–H groups in total. The molecule has 1 amide bonds. The van der Waals surface area contributed by atoms with E-state index >= 15 is 0 Å². The summed E-state index contributed by atoms with van der Waals surface area (Å²) in [6.45, 7) is 3.80. The van der Waals surface area contributed by atoms with Gasteiger partial charge in [0.2, 0.25) is 5.91 Å². The number of hydrogen-bond donors (Lipinski definition) is 1. The van der Waals surface area contributed by atoms with E-state index in [1.54, 1.807) is 0 Å². The van der Waals surface area contributed by atoms with Crippen molar-refractivity contribution in [2.75, 3.05) is 13.1 Å². The Hall–Kier alpha value is -1.06. The van der Waals surface area contributed by atoms with Crippen LogP contribution < -0.4 is 0 Å². The molecule has 4 heteroatoms. The Bertz CT molecular complexity index is 370. The van der Waals surface area contributed by atoms with Gasteiger partial charge in [-0.1, -0.05) is 26.2 Å². The van der Waals surface area contributed by atoms with Gasteiger partial charge in [-0.25, -0.2) is 0 Å². The Morgan fingerprint density at radius 1 is 1.14 bits per heavy atom. The van der Waals surface area contributed by atoms with Crippen molar-refractivity contribution in [3.63, 3.8) is 0 Å². The highest BCUT2D eigenvalue weighted by Crippen LogP contribution is 2.43. The largest absolute Gasteiger partial charge is 0.481 e. The molecule has 120 valence electrons. The topological polar surface area (TPSA) is 57.6 Å². The van der Waals surface area contributed by atoms with E-state index in [-0.39, 0.29) is 17.7 Å². The van der Waals surface area contributed by atoms with E-state index in [4.69, 9.17) is 0 Å². The maximum absolute atomic E-state index is 12.7. The average Bonchev–Trinajstić information content (AvgIpc) is 3.22. The van der Waals surface area contributed by atoms with E-state index < -0.39 is 5.97 Å². The highest BCUT2D eigenvalue weighted by atomic mass is 16.4. The third-order valence-electron chi connectivity index (χ3n) is 4.99. The van der Waals surface area contributed by atoms with Crippen LogP contribution in [-0.2, 0) is 9.59 Å². The summed E-state index contributed by atoms with van der Waals surface area (Å²) >= 11 is 0. The Morgan fingerprint density at radius 3 is 2.33 bits per heavy atom. The zero-order valence-electron chi connectivity index (χ0n) is 13.3. The summed E-state index contributed by atoms with van der Waals surface area (Å²) in [6, 6.07) is 0. The van der Waals surface area contributed by atoms with Crippen LogP contribution in [0.4, 0.5) is 0 Å². The number of hydrogen-bond acceptors (Lipinski definition) is 2. The average molecular weight is 295 g/mol. The summed E-state index contributed by atoms with van der Waals surface area (Å²) < 4.78 is 0. The molecule has 0 atom stereocenters. The monoisotopic (exact) mass is 295 g/mol. The van der Waals surface area contributed by atoms with Gasteiger partial charge in [0, 0.05) is 19.5 Å². The summed E-state index contributed by atoms with van der Waals surface area (Å²) in [7, 11) is 0. The van der Waals surface area contributed by atoms with Gasteiger partial charge in [0.1, 0.15) is 0 Å². The summed E-state index contributed by atoms with van der Waals surface area (Å²) in [6.07, 6.45) is 9.16. The third-order valence-corrected chi connectivity index (χ3v) is 4.99. The second-order valence-corrected chi connectivity index (χ2v) is 7.09. The van der Waals surface area contributed by atoms with Crippen LogP contribution in [0, 0.1) is 11.3 Å². The van der Waals surface area contributed by atoms with Crippen molar-refractivity contribution in [2.24, 2.45) is 11.3 Å². The molecule has 0 aromatic heterocycles.